The van der Waals surface area contributed by atoms with Crippen molar-refractivity contribution in [2.45, 2.75) is 19.3 Å². The molecule has 10 heteroatoms. The Morgan fingerprint density at radius 2 is 1.71 bits per heavy atom. The van der Waals surface area contributed by atoms with Crippen molar-refractivity contribution < 1.29 is 28.8 Å². The zero-order chi connectivity index (χ0) is 24.0. The summed E-state index contributed by atoms with van der Waals surface area (Å²) in [4.78, 5) is 62.1. The van der Waals surface area contributed by atoms with E-state index in [1.54, 1.807) is 12.1 Å². The number of carbonyl (C=O) groups is 4. The third-order valence-corrected chi connectivity index (χ3v) is 6.94. The minimum atomic E-state index is -0.796. The van der Waals surface area contributed by atoms with Crippen molar-refractivity contribution in [3.8, 4) is 0 Å². The van der Waals surface area contributed by atoms with Crippen LogP contribution in [0, 0.1) is 33.8 Å². The van der Waals surface area contributed by atoms with E-state index in [4.69, 9.17) is 4.74 Å². The summed E-state index contributed by atoms with van der Waals surface area (Å²) in [6.45, 7) is -0.610. The second-order valence-corrected chi connectivity index (χ2v) is 8.88. The molecule has 3 fully saturated rings. The predicted octanol–water partition coefficient (Wildman–Crippen LogP) is 2.93. The molecule has 2 bridgehead atoms. The third-order valence-electron chi connectivity index (χ3n) is 6.94. The number of nitro benzene ring substituents is 1. The van der Waals surface area contributed by atoms with E-state index in [1.807, 2.05) is 0 Å². The molecule has 1 N–H and O–H groups in total. The molecule has 3 aliphatic rings. The van der Waals surface area contributed by atoms with E-state index < -0.39 is 23.4 Å². The number of carbonyl (C=O) groups excluding carboxylic acids is 4. The molecule has 10 nitrogen and oxygen atoms in total. The van der Waals surface area contributed by atoms with E-state index in [-0.39, 0.29) is 52.4 Å². The summed E-state index contributed by atoms with van der Waals surface area (Å²) in [7, 11) is 0. The van der Waals surface area contributed by atoms with Crippen molar-refractivity contribution in [1.82, 2.24) is 0 Å². The number of fused-ring (bicyclic) bond motifs is 5. The van der Waals surface area contributed by atoms with E-state index in [0.29, 0.717) is 5.69 Å². The molecule has 34 heavy (non-hydrogen) atoms. The first-order valence-electron chi connectivity index (χ1n) is 11.0. The maximum Gasteiger partial charge on any atom is 0.338 e. The summed E-state index contributed by atoms with van der Waals surface area (Å²) in [5.74, 6) is -1.89. The van der Waals surface area contributed by atoms with Gasteiger partial charge in [0.1, 0.15) is 0 Å². The summed E-state index contributed by atoms with van der Waals surface area (Å²) in [5.41, 5.74) is 0.429. The predicted molar refractivity (Wildman–Crippen MR) is 119 cm³/mol. The van der Waals surface area contributed by atoms with Crippen LogP contribution in [-0.2, 0) is 19.1 Å². The van der Waals surface area contributed by atoms with Crippen LogP contribution in [0.3, 0.4) is 0 Å². The lowest BCUT2D eigenvalue weighted by Gasteiger charge is -2.19. The molecule has 4 atom stereocenters. The maximum atomic E-state index is 13.0. The number of ether oxygens (including phenoxy) is 1. The van der Waals surface area contributed by atoms with Crippen molar-refractivity contribution in [2.75, 3.05) is 16.8 Å². The Bertz CT molecular complexity index is 1200. The Hall–Kier alpha value is -4.08. The molecular formula is C24H21N3O7. The first kappa shape index (κ1) is 21.7. The number of non-ortho nitro benzene ring substituents is 1. The van der Waals surface area contributed by atoms with Gasteiger partial charge in [0.25, 0.3) is 11.6 Å². The molecule has 2 saturated carbocycles. The van der Waals surface area contributed by atoms with Crippen LogP contribution in [0.5, 0.6) is 0 Å². The van der Waals surface area contributed by atoms with Gasteiger partial charge < -0.3 is 10.1 Å². The Morgan fingerprint density at radius 3 is 2.38 bits per heavy atom. The van der Waals surface area contributed by atoms with Crippen LogP contribution < -0.4 is 10.2 Å². The SMILES string of the molecule is O=C(COC(=O)c1cccc(N2C(=O)[C@@H]3[C@H]4CC[C@@H](C4)[C@H]3C2=O)c1)Nc1cccc([N+](=O)[O-])c1. The average molecular weight is 463 g/mol. The van der Waals surface area contributed by atoms with Gasteiger partial charge in [0.05, 0.1) is 28.0 Å². The molecule has 1 aliphatic heterocycles. The smallest absolute Gasteiger partial charge is 0.338 e. The molecule has 0 spiro atoms. The van der Waals surface area contributed by atoms with Crippen LogP contribution in [0.4, 0.5) is 17.1 Å². The van der Waals surface area contributed by atoms with E-state index in [1.165, 1.54) is 41.3 Å². The summed E-state index contributed by atoms with van der Waals surface area (Å²) < 4.78 is 5.06. The lowest BCUT2D eigenvalue weighted by molar-refractivity contribution is -0.384. The second kappa shape index (κ2) is 8.36. The van der Waals surface area contributed by atoms with Crippen molar-refractivity contribution in [3.63, 3.8) is 0 Å². The normalized spacial score (nSPS) is 24.8. The van der Waals surface area contributed by atoms with E-state index in [2.05, 4.69) is 5.32 Å². The second-order valence-electron chi connectivity index (χ2n) is 8.88. The van der Waals surface area contributed by atoms with Crippen LogP contribution in [0.15, 0.2) is 48.5 Å². The standard InChI is InChI=1S/C24H21N3O7/c28-19(25-16-4-2-6-18(11-16)27(32)33)12-34-24(31)15-3-1-5-17(10-15)26-22(29)20-13-7-8-14(9-13)21(20)23(26)30/h1-6,10-11,13-14,20-21H,7-9,12H2,(H,25,28)/t13-,14-,20+,21+/m0/s1. The quantitative estimate of drug-likeness (QED) is 0.301. The number of anilines is 2. The molecule has 2 aromatic rings. The minimum Gasteiger partial charge on any atom is -0.452 e. The Labute approximate surface area is 194 Å². The van der Waals surface area contributed by atoms with Crippen LogP contribution in [0.25, 0.3) is 0 Å². The zero-order valence-electron chi connectivity index (χ0n) is 18.0. The molecule has 0 aromatic heterocycles. The molecule has 5 rings (SSSR count). The number of hydrogen-bond donors (Lipinski definition) is 1. The molecule has 0 radical (unpaired) electrons. The van der Waals surface area contributed by atoms with Gasteiger partial charge in [-0.3, -0.25) is 29.4 Å². The summed E-state index contributed by atoms with van der Waals surface area (Å²) in [5, 5.41) is 13.3. The van der Waals surface area contributed by atoms with E-state index in [0.717, 1.165) is 19.3 Å². The van der Waals surface area contributed by atoms with Crippen molar-refractivity contribution >= 4 is 40.8 Å². The van der Waals surface area contributed by atoms with Gasteiger partial charge in [-0.15, -0.1) is 0 Å². The number of rotatable bonds is 6. The number of nitrogens with zero attached hydrogens (tertiary/aromatic N) is 2. The van der Waals surface area contributed by atoms with Crippen molar-refractivity contribution in [1.29, 1.82) is 0 Å². The molecule has 0 unspecified atom stereocenters. The van der Waals surface area contributed by atoms with Gasteiger partial charge in [0.15, 0.2) is 6.61 Å². The maximum absolute atomic E-state index is 13.0. The fourth-order valence-corrected chi connectivity index (χ4v) is 5.54. The Kier molecular flexibility index (Phi) is 5.35. The third kappa shape index (κ3) is 3.70. The summed E-state index contributed by atoms with van der Waals surface area (Å²) >= 11 is 0. The van der Waals surface area contributed by atoms with Crippen LogP contribution >= 0.6 is 0 Å². The molecule has 1 heterocycles. The monoisotopic (exact) mass is 463 g/mol. The average Bonchev–Trinajstić information content (AvgIpc) is 3.51. The fourth-order valence-electron chi connectivity index (χ4n) is 5.54. The fraction of sp³-hybridized carbons (Fsp3) is 0.333. The lowest BCUT2D eigenvalue weighted by atomic mass is 9.81. The van der Waals surface area contributed by atoms with Gasteiger partial charge >= 0.3 is 5.97 Å². The van der Waals surface area contributed by atoms with Gasteiger partial charge in [-0.2, -0.15) is 0 Å². The van der Waals surface area contributed by atoms with Gasteiger partial charge in [-0.25, -0.2) is 4.79 Å². The van der Waals surface area contributed by atoms with Gasteiger partial charge in [-0.1, -0.05) is 12.1 Å². The number of esters is 1. The highest BCUT2D eigenvalue weighted by Crippen LogP contribution is 2.56. The summed E-state index contributed by atoms with van der Waals surface area (Å²) in [6.07, 6.45) is 2.89. The Morgan fingerprint density at radius 1 is 1.03 bits per heavy atom. The van der Waals surface area contributed by atoms with Crippen LogP contribution in [0.1, 0.15) is 29.6 Å². The molecule has 2 aromatic carbocycles. The molecule has 174 valence electrons. The minimum absolute atomic E-state index is 0.0984. The number of nitrogens with one attached hydrogen (secondary N) is 1. The highest BCUT2D eigenvalue weighted by Gasteiger charge is 2.61. The van der Waals surface area contributed by atoms with Crippen LogP contribution in [-0.4, -0.2) is 35.2 Å². The zero-order valence-corrected chi connectivity index (χ0v) is 18.0. The summed E-state index contributed by atoms with van der Waals surface area (Å²) in [6, 6.07) is 11.4. The molecule has 2 aliphatic carbocycles. The van der Waals surface area contributed by atoms with Crippen molar-refractivity contribution in [3.05, 3.63) is 64.2 Å². The number of benzene rings is 2. The van der Waals surface area contributed by atoms with Gasteiger partial charge in [0, 0.05) is 17.8 Å². The first-order chi connectivity index (χ1) is 16.3. The van der Waals surface area contributed by atoms with E-state index >= 15 is 0 Å². The number of amides is 3. The number of nitro groups is 1. The first-order valence-corrected chi connectivity index (χ1v) is 11.0. The number of hydrogen-bond acceptors (Lipinski definition) is 7. The van der Waals surface area contributed by atoms with E-state index in [9.17, 15) is 29.3 Å². The lowest BCUT2D eigenvalue weighted by Crippen LogP contribution is -2.32. The highest BCUT2D eigenvalue weighted by molar-refractivity contribution is 6.22. The van der Waals surface area contributed by atoms with Gasteiger partial charge in [-0.05, 0) is 55.4 Å². The van der Waals surface area contributed by atoms with Gasteiger partial charge in [0.2, 0.25) is 11.8 Å². The molecular weight excluding hydrogens is 442 g/mol. The molecule has 1 saturated heterocycles. The van der Waals surface area contributed by atoms with Crippen molar-refractivity contribution in [2.24, 2.45) is 23.7 Å². The Balaban J connectivity index is 1.23. The largest absolute Gasteiger partial charge is 0.452 e. The number of imide groups is 1. The molecule has 3 amide bonds. The van der Waals surface area contributed by atoms with Crippen LogP contribution in [0.2, 0.25) is 0 Å². The highest BCUT2D eigenvalue weighted by atomic mass is 16.6. The topological polar surface area (TPSA) is 136 Å².